The molecule has 0 aromatic rings. The molecule has 0 bridgehead atoms. The van der Waals surface area contributed by atoms with Gasteiger partial charge in [-0.2, -0.15) is 0 Å². The van der Waals surface area contributed by atoms with E-state index in [1.165, 1.54) is 14.2 Å². The molecule has 5 heteroatoms. The fourth-order valence-corrected chi connectivity index (χ4v) is 1.11. The van der Waals surface area contributed by atoms with E-state index in [0.29, 0.717) is 6.54 Å². The van der Waals surface area contributed by atoms with Crippen molar-refractivity contribution in [3.05, 3.63) is 11.6 Å². The lowest BCUT2D eigenvalue weighted by Gasteiger charge is -2.22. The van der Waals surface area contributed by atoms with Crippen LogP contribution < -0.4 is 0 Å². The molecule has 0 heterocycles. The van der Waals surface area contributed by atoms with Gasteiger partial charge in [0, 0.05) is 6.54 Å². The molecule has 0 aliphatic heterocycles. The highest BCUT2D eigenvalue weighted by Gasteiger charge is 2.32. The summed E-state index contributed by atoms with van der Waals surface area (Å²) in [5.74, 6) is -1.23. The normalized spacial score (nSPS) is 10.2. The van der Waals surface area contributed by atoms with E-state index in [-0.39, 0.29) is 0 Å². The molecule has 0 fully saturated rings. The van der Waals surface area contributed by atoms with Crippen LogP contribution in [0.3, 0.4) is 0 Å². The van der Waals surface area contributed by atoms with Crippen molar-refractivity contribution in [2.75, 3.05) is 27.8 Å². The summed E-state index contributed by atoms with van der Waals surface area (Å²) in [6.07, 6.45) is 1.92. The maximum absolute atomic E-state index is 11.4. The predicted molar refractivity (Wildman–Crippen MR) is 59.9 cm³/mol. The Morgan fingerprint density at radius 1 is 1.19 bits per heavy atom. The van der Waals surface area contributed by atoms with Crippen molar-refractivity contribution in [3.63, 3.8) is 0 Å². The van der Waals surface area contributed by atoms with Crippen molar-refractivity contribution in [2.45, 2.75) is 19.9 Å². The highest BCUT2D eigenvalue weighted by atomic mass is 16.5. The minimum Gasteiger partial charge on any atom is -0.467 e. The molecular weight excluding hydrogens is 210 g/mol. The molecule has 0 atom stereocenters. The number of hydrogen-bond donors (Lipinski definition) is 0. The first-order valence-corrected chi connectivity index (χ1v) is 4.93. The number of allylic oxidation sites excluding steroid dienone is 1. The summed E-state index contributed by atoms with van der Waals surface area (Å²) in [5.41, 5.74) is 1.11. The van der Waals surface area contributed by atoms with Gasteiger partial charge in [0.15, 0.2) is 0 Å². The molecule has 16 heavy (non-hydrogen) atoms. The van der Waals surface area contributed by atoms with Crippen LogP contribution in [-0.2, 0) is 19.1 Å². The highest BCUT2D eigenvalue weighted by molar-refractivity contribution is 5.99. The van der Waals surface area contributed by atoms with Crippen LogP contribution in [-0.4, -0.2) is 50.7 Å². The largest absolute Gasteiger partial charge is 0.467 e. The van der Waals surface area contributed by atoms with E-state index in [9.17, 15) is 9.59 Å². The lowest BCUT2D eigenvalue weighted by Crippen LogP contribution is -2.46. The zero-order valence-corrected chi connectivity index (χ0v) is 10.4. The zero-order valence-electron chi connectivity index (χ0n) is 10.4. The van der Waals surface area contributed by atoms with Crippen molar-refractivity contribution in [3.8, 4) is 0 Å². The van der Waals surface area contributed by atoms with Gasteiger partial charge in [-0.1, -0.05) is 11.6 Å². The van der Waals surface area contributed by atoms with Crippen molar-refractivity contribution in [2.24, 2.45) is 0 Å². The number of ether oxygens (including phenoxy) is 2. The summed E-state index contributed by atoms with van der Waals surface area (Å²) in [4.78, 5) is 24.4. The molecule has 0 amide bonds. The van der Waals surface area contributed by atoms with Crippen LogP contribution in [0.4, 0.5) is 0 Å². The van der Waals surface area contributed by atoms with Crippen LogP contribution >= 0.6 is 0 Å². The minimum absolute atomic E-state index is 0.483. The van der Waals surface area contributed by atoms with Gasteiger partial charge in [-0.05, 0) is 20.9 Å². The second kappa shape index (κ2) is 7.00. The molecule has 0 saturated heterocycles. The summed E-state index contributed by atoms with van der Waals surface area (Å²) in [7, 11) is 4.15. The van der Waals surface area contributed by atoms with E-state index in [1.807, 2.05) is 19.9 Å². The molecule has 0 radical (unpaired) electrons. The van der Waals surface area contributed by atoms with Gasteiger partial charge in [0.1, 0.15) is 0 Å². The maximum atomic E-state index is 11.4. The summed E-state index contributed by atoms with van der Waals surface area (Å²) < 4.78 is 9.12. The SMILES string of the molecule is COC(=O)C(C(=O)OC)N(C)CC=C(C)C. The van der Waals surface area contributed by atoms with Crippen LogP contribution in [0.25, 0.3) is 0 Å². The van der Waals surface area contributed by atoms with Crippen LogP contribution in [0.2, 0.25) is 0 Å². The van der Waals surface area contributed by atoms with Gasteiger partial charge in [0.25, 0.3) is 0 Å². The molecule has 0 aliphatic carbocycles. The summed E-state index contributed by atoms with van der Waals surface area (Å²) in [5, 5.41) is 0. The Balaban J connectivity index is 4.69. The van der Waals surface area contributed by atoms with Gasteiger partial charge < -0.3 is 9.47 Å². The third-order valence-electron chi connectivity index (χ3n) is 2.08. The summed E-state index contributed by atoms with van der Waals surface area (Å²) >= 11 is 0. The van der Waals surface area contributed by atoms with E-state index in [0.717, 1.165) is 5.57 Å². The number of carbonyl (C=O) groups is 2. The Morgan fingerprint density at radius 3 is 1.94 bits per heavy atom. The quantitative estimate of drug-likeness (QED) is 0.392. The minimum atomic E-state index is -1.01. The molecule has 0 rings (SSSR count). The summed E-state index contributed by atoms with van der Waals surface area (Å²) in [6.45, 7) is 4.37. The van der Waals surface area contributed by atoms with E-state index < -0.39 is 18.0 Å². The van der Waals surface area contributed by atoms with Gasteiger partial charge in [0.05, 0.1) is 14.2 Å². The first kappa shape index (κ1) is 14.6. The molecule has 0 saturated carbocycles. The number of hydrogen-bond acceptors (Lipinski definition) is 5. The molecule has 0 unspecified atom stereocenters. The average molecular weight is 229 g/mol. The number of nitrogens with zero attached hydrogens (tertiary/aromatic N) is 1. The smallest absolute Gasteiger partial charge is 0.334 e. The van der Waals surface area contributed by atoms with Gasteiger partial charge in [-0.3, -0.25) is 4.90 Å². The highest BCUT2D eigenvalue weighted by Crippen LogP contribution is 2.03. The lowest BCUT2D eigenvalue weighted by atomic mass is 10.2. The first-order chi connectivity index (χ1) is 7.43. The van der Waals surface area contributed by atoms with Crippen LogP contribution in [0.1, 0.15) is 13.8 Å². The number of rotatable bonds is 5. The molecule has 0 N–H and O–H groups in total. The van der Waals surface area contributed by atoms with Crippen molar-refractivity contribution >= 4 is 11.9 Å². The number of likely N-dealkylation sites (N-methyl/N-ethyl adjacent to an activating group) is 1. The van der Waals surface area contributed by atoms with Gasteiger partial charge in [-0.15, -0.1) is 0 Å². The van der Waals surface area contributed by atoms with Crippen molar-refractivity contribution in [1.82, 2.24) is 4.90 Å². The topological polar surface area (TPSA) is 55.8 Å². The van der Waals surface area contributed by atoms with Crippen LogP contribution in [0.15, 0.2) is 11.6 Å². The molecule has 0 aliphatic rings. The van der Waals surface area contributed by atoms with Gasteiger partial charge in [0.2, 0.25) is 6.04 Å². The zero-order chi connectivity index (χ0) is 12.7. The Hall–Kier alpha value is -1.36. The predicted octanol–water partition coefficient (Wildman–Crippen LogP) is 0.599. The van der Waals surface area contributed by atoms with E-state index in [4.69, 9.17) is 0 Å². The molecule has 5 nitrogen and oxygen atoms in total. The van der Waals surface area contributed by atoms with E-state index in [2.05, 4.69) is 9.47 Å². The standard InChI is InChI=1S/C11H19NO4/c1-8(2)6-7-12(3)9(10(13)15-4)11(14)16-5/h6,9H,7H2,1-5H3. The van der Waals surface area contributed by atoms with Crippen molar-refractivity contribution in [1.29, 1.82) is 0 Å². The third kappa shape index (κ3) is 4.44. The lowest BCUT2D eigenvalue weighted by molar-refractivity contribution is -0.159. The second-order valence-electron chi connectivity index (χ2n) is 3.67. The molecule has 0 spiro atoms. The van der Waals surface area contributed by atoms with Crippen LogP contribution in [0.5, 0.6) is 0 Å². The van der Waals surface area contributed by atoms with Crippen molar-refractivity contribution < 1.29 is 19.1 Å². The molecule has 0 aromatic heterocycles. The fraction of sp³-hybridized carbons (Fsp3) is 0.636. The Labute approximate surface area is 96.0 Å². The molecule has 92 valence electrons. The number of carbonyl (C=O) groups excluding carboxylic acids is 2. The second-order valence-corrected chi connectivity index (χ2v) is 3.67. The van der Waals surface area contributed by atoms with E-state index >= 15 is 0 Å². The average Bonchev–Trinajstić information content (AvgIpc) is 2.25. The number of esters is 2. The van der Waals surface area contributed by atoms with Gasteiger partial charge in [-0.25, -0.2) is 9.59 Å². The Bertz CT molecular complexity index is 266. The fourth-order valence-electron chi connectivity index (χ4n) is 1.11. The number of methoxy groups -OCH3 is 2. The van der Waals surface area contributed by atoms with E-state index in [1.54, 1.807) is 11.9 Å². The van der Waals surface area contributed by atoms with Crippen LogP contribution in [0, 0.1) is 0 Å². The summed E-state index contributed by atoms with van der Waals surface area (Å²) in [6, 6.07) is -1.01. The first-order valence-electron chi connectivity index (χ1n) is 4.93. The molecule has 0 aromatic carbocycles. The Morgan fingerprint density at radius 2 is 1.62 bits per heavy atom. The monoisotopic (exact) mass is 229 g/mol. The van der Waals surface area contributed by atoms with Gasteiger partial charge >= 0.3 is 11.9 Å². The third-order valence-corrected chi connectivity index (χ3v) is 2.08. The maximum Gasteiger partial charge on any atom is 0.334 e. The molecular formula is C11H19NO4. The Kier molecular flexibility index (Phi) is 6.41.